The number of para-hydroxylation sites is 1. The molecule has 6 heteroatoms. The predicted octanol–water partition coefficient (Wildman–Crippen LogP) is 3.16. The van der Waals surface area contributed by atoms with Crippen molar-refractivity contribution in [3.05, 3.63) is 52.2 Å². The second-order valence-corrected chi connectivity index (χ2v) is 6.08. The van der Waals surface area contributed by atoms with E-state index in [1.54, 1.807) is 25.2 Å². The van der Waals surface area contributed by atoms with Crippen LogP contribution in [0.2, 0.25) is 0 Å². The molecule has 0 radical (unpaired) electrons. The van der Waals surface area contributed by atoms with Crippen molar-refractivity contribution < 1.29 is 19.1 Å². The second kappa shape index (κ2) is 7.19. The van der Waals surface area contributed by atoms with E-state index in [1.165, 1.54) is 24.8 Å². The number of ether oxygens (including phenoxy) is 1. The number of ketones is 1. The second-order valence-electron chi connectivity index (χ2n) is 5.00. The summed E-state index contributed by atoms with van der Waals surface area (Å²) in [4.78, 5) is 37.9. The van der Waals surface area contributed by atoms with Gasteiger partial charge in [0.1, 0.15) is 4.88 Å². The lowest BCUT2D eigenvalue weighted by molar-refractivity contribution is -0.126. The summed E-state index contributed by atoms with van der Waals surface area (Å²) in [5.74, 6) is -1.04. The maximum absolute atomic E-state index is 12.3. The van der Waals surface area contributed by atoms with Gasteiger partial charge in [-0.2, -0.15) is 0 Å². The zero-order chi connectivity index (χ0) is 17.0. The Morgan fingerprint density at radius 1 is 1.04 bits per heavy atom. The summed E-state index contributed by atoms with van der Waals surface area (Å²) in [7, 11) is 1.63. The Bertz CT molecular complexity index is 723. The van der Waals surface area contributed by atoms with Crippen molar-refractivity contribution in [2.75, 3.05) is 11.9 Å². The Balaban J connectivity index is 2.02. The normalized spacial score (nSPS) is 11.6. The molecule has 1 aromatic heterocycles. The number of anilines is 1. The molecule has 0 N–H and O–H groups in total. The molecule has 0 aliphatic heterocycles. The van der Waals surface area contributed by atoms with E-state index >= 15 is 0 Å². The van der Waals surface area contributed by atoms with Crippen LogP contribution in [-0.4, -0.2) is 30.8 Å². The molecule has 1 aromatic carbocycles. The third-order valence-electron chi connectivity index (χ3n) is 3.26. The van der Waals surface area contributed by atoms with Crippen molar-refractivity contribution in [1.29, 1.82) is 0 Å². The van der Waals surface area contributed by atoms with E-state index in [-0.39, 0.29) is 11.7 Å². The van der Waals surface area contributed by atoms with Crippen LogP contribution in [0.5, 0.6) is 0 Å². The van der Waals surface area contributed by atoms with Crippen LogP contribution in [0.3, 0.4) is 0 Å². The van der Waals surface area contributed by atoms with Gasteiger partial charge >= 0.3 is 5.97 Å². The Kier molecular flexibility index (Phi) is 5.28. The lowest BCUT2D eigenvalue weighted by atomic mass is 10.2. The Labute approximate surface area is 138 Å². The fraction of sp³-hybridized carbons (Fsp3) is 0.235. The predicted molar refractivity (Wildman–Crippen MR) is 89.1 cm³/mol. The molecule has 23 heavy (non-hydrogen) atoms. The molecule has 1 amide bonds. The number of hydrogen-bond acceptors (Lipinski definition) is 5. The average Bonchev–Trinajstić information content (AvgIpc) is 3.04. The maximum Gasteiger partial charge on any atom is 0.349 e. The number of nitrogens with zero attached hydrogens (tertiary/aromatic N) is 1. The van der Waals surface area contributed by atoms with Gasteiger partial charge < -0.3 is 9.64 Å². The van der Waals surface area contributed by atoms with Gasteiger partial charge in [-0.1, -0.05) is 18.2 Å². The number of esters is 1. The first-order valence-electron chi connectivity index (χ1n) is 7.04. The highest BCUT2D eigenvalue weighted by Crippen LogP contribution is 2.19. The fourth-order valence-corrected chi connectivity index (χ4v) is 2.74. The molecule has 2 aromatic rings. The number of benzene rings is 1. The number of likely N-dealkylation sites (N-methyl/N-ethyl adjacent to an activating group) is 1. The first-order chi connectivity index (χ1) is 10.9. The van der Waals surface area contributed by atoms with Crippen molar-refractivity contribution >= 4 is 34.7 Å². The Morgan fingerprint density at radius 2 is 1.65 bits per heavy atom. The number of rotatable bonds is 5. The van der Waals surface area contributed by atoms with Crippen LogP contribution in [0.15, 0.2) is 42.5 Å². The van der Waals surface area contributed by atoms with E-state index in [2.05, 4.69) is 0 Å². The van der Waals surface area contributed by atoms with Crippen LogP contribution in [0, 0.1) is 0 Å². The molecular weight excluding hydrogens is 314 g/mol. The fourth-order valence-electron chi connectivity index (χ4n) is 1.96. The summed E-state index contributed by atoms with van der Waals surface area (Å²) < 4.78 is 5.20. The largest absolute Gasteiger partial charge is 0.448 e. The van der Waals surface area contributed by atoms with Crippen molar-refractivity contribution in [3.63, 3.8) is 0 Å². The van der Waals surface area contributed by atoms with E-state index in [9.17, 15) is 14.4 Å². The first kappa shape index (κ1) is 16.9. The van der Waals surface area contributed by atoms with Crippen LogP contribution in [0.1, 0.15) is 33.2 Å². The third-order valence-corrected chi connectivity index (χ3v) is 4.43. The molecule has 120 valence electrons. The third kappa shape index (κ3) is 4.04. The summed E-state index contributed by atoms with van der Waals surface area (Å²) in [5.41, 5.74) is 0.718. The summed E-state index contributed by atoms with van der Waals surface area (Å²) >= 11 is 1.06. The molecule has 0 saturated carbocycles. The van der Waals surface area contributed by atoms with Gasteiger partial charge in [0.2, 0.25) is 0 Å². The van der Waals surface area contributed by atoms with E-state index in [0.717, 1.165) is 17.0 Å². The molecule has 1 unspecified atom stereocenters. The highest BCUT2D eigenvalue weighted by Gasteiger charge is 2.24. The molecular formula is C17H17NO4S. The number of carbonyl (C=O) groups is 3. The minimum Gasteiger partial charge on any atom is -0.448 e. The summed E-state index contributed by atoms with van der Waals surface area (Å²) in [5, 5.41) is 0. The van der Waals surface area contributed by atoms with Crippen molar-refractivity contribution in [1.82, 2.24) is 0 Å². The zero-order valence-corrected chi connectivity index (χ0v) is 13.9. The minimum absolute atomic E-state index is 0.109. The van der Waals surface area contributed by atoms with E-state index in [4.69, 9.17) is 4.74 Å². The highest BCUT2D eigenvalue weighted by molar-refractivity contribution is 7.15. The standard InChI is InChI=1S/C17H17NO4S/c1-11(19)14-9-10-15(23-14)17(21)22-12(2)16(20)18(3)13-7-5-4-6-8-13/h4-10,12H,1-3H3. The van der Waals surface area contributed by atoms with E-state index < -0.39 is 12.1 Å². The Hall–Kier alpha value is -2.47. The van der Waals surface area contributed by atoms with Crippen molar-refractivity contribution in [3.8, 4) is 0 Å². The SMILES string of the molecule is CC(=O)c1ccc(C(=O)OC(C)C(=O)N(C)c2ccccc2)s1. The van der Waals surface area contributed by atoms with Gasteiger partial charge in [0, 0.05) is 12.7 Å². The number of carbonyl (C=O) groups excluding carboxylic acids is 3. The number of amides is 1. The van der Waals surface area contributed by atoms with Crippen molar-refractivity contribution in [2.45, 2.75) is 20.0 Å². The molecule has 0 aliphatic carbocycles. The minimum atomic E-state index is -0.921. The molecule has 0 saturated heterocycles. The smallest absolute Gasteiger partial charge is 0.349 e. The van der Waals surface area contributed by atoms with Crippen LogP contribution >= 0.6 is 11.3 Å². The monoisotopic (exact) mass is 331 g/mol. The number of thiophene rings is 1. The highest BCUT2D eigenvalue weighted by atomic mass is 32.1. The van der Waals surface area contributed by atoms with Gasteiger partial charge in [0.05, 0.1) is 4.88 Å². The Morgan fingerprint density at radius 3 is 2.22 bits per heavy atom. The summed E-state index contributed by atoms with van der Waals surface area (Å²) in [6.45, 7) is 2.96. The molecule has 0 bridgehead atoms. The first-order valence-corrected chi connectivity index (χ1v) is 7.86. The quantitative estimate of drug-likeness (QED) is 0.623. The number of Topliss-reactive ketones (excluding diaryl/α,β-unsaturated/α-hetero) is 1. The molecule has 0 fully saturated rings. The summed E-state index contributed by atoms with van der Waals surface area (Å²) in [6.07, 6.45) is -0.921. The van der Waals surface area contributed by atoms with Crippen molar-refractivity contribution in [2.24, 2.45) is 0 Å². The van der Waals surface area contributed by atoms with Gasteiger partial charge in [0.15, 0.2) is 11.9 Å². The number of hydrogen-bond donors (Lipinski definition) is 0. The van der Waals surface area contributed by atoms with Crippen LogP contribution in [-0.2, 0) is 9.53 Å². The van der Waals surface area contributed by atoms with Gasteiger partial charge in [-0.25, -0.2) is 4.79 Å². The van der Waals surface area contributed by atoms with Gasteiger partial charge in [0.25, 0.3) is 5.91 Å². The van der Waals surface area contributed by atoms with E-state index in [0.29, 0.717) is 9.75 Å². The molecule has 0 spiro atoms. The van der Waals surface area contributed by atoms with Gasteiger partial charge in [-0.05, 0) is 38.1 Å². The molecule has 0 aliphatic rings. The lowest BCUT2D eigenvalue weighted by Crippen LogP contribution is -2.37. The zero-order valence-electron chi connectivity index (χ0n) is 13.1. The van der Waals surface area contributed by atoms with Crippen LogP contribution in [0.4, 0.5) is 5.69 Å². The van der Waals surface area contributed by atoms with Gasteiger partial charge in [-0.15, -0.1) is 11.3 Å². The lowest BCUT2D eigenvalue weighted by Gasteiger charge is -2.21. The molecule has 2 rings (SSSR count). The van der Waals surface area contributed by atoms with E-state index in [1.807, 2.05) is 18.2 Å². The van der Waals surface area contributed by atoms with Crippen LogP contribution < -0.4 is 4.90 Å². The van der Waals surface area contributed by atoms with Gasteiger partial charge in [-0.3, -0.25) is 9.59 Å². The maximum atomic E-state index is 12.3. The topological polar surface area (TPSA) is 63.7 Å². The molecule has 5 nitrogen and oxygen atoms in total. The molecule has 1 heterocycles. The summed E-state index contributed by atoms with van der Waals surface area (Å²) in [6, 6.07) is 12.2. The van der Waals surface area contributed by atoms with Crippen LogP contribution in [0.25, 0.3) is 0 Å². The average molecular weight is 331 g/mol. The molecule has 1 atom stereocenters.